The highest BCUT2D eigenvalue weighted by Gasteiger charge is 2.09. The minimum Gasteiger partial charge on any atom is -0.508 e. The molecule has 0 amide bonds. The largest absolute Gasteiger partial charge is 0.508 e. The maximum Gasteiger partial charge on any atom is 0.128 e. The SMILES string of the molecule is CCn1c(COc2ccccc2C)cc2cc(O)ccc21. The summed E-state index contributed by atoms with van der Waals surface area (Å²) in [6.07, 6.45) is 0. The minimum absolute atomic E-state index is 0.294. The van der Waals surface area contributed by atoms with Crippen LogP contribution in [0.2, 0.25) is 0 Å². The van der Waals surface area contributed by atoms with E-state index < -0.39 is 0 Å². The summed E-state index contributed by atoms with van der Waals surface area (Å²) in [7, 11) is 0. The lowest BCUT2D eigenvalue weighted by atomic mass is 10.2. The maximum atomic E-state index is 9.61. The Morgan fingerprint density at radius 1 is 1.10 bits per heavy atom. The molecule has 0 atom stereocenters. The van der Waals surface area contributed by atoms with E-state index in [0.717, 1.165) is 34.5 Å². The van der Waals surface area contributed by atoms with Crippen LogP contribution in [0.15, 0.2) is 48.5 Å². The summed E-state index contributed by atoms with van der Waals surface area (Å²) in [4.78, 5) is 0. The van der Waals surface area contributed by atoms with E-state index in [1.807, 2.05) is 37.3 Å². The molecule has 0 unspecified atom stereocenters. The van der Waals surface area contributed by atoms with Crippen LogP contribution >= 0.6 is 0 Å². The summed E-state index contributed by atoms with van der Waals surface area (Å²) < 4.78 is 8.16. The van der Waals surface area contributed by atoms with Crippen LogP contribution in [-0.2, 0) is 13.2 Å². The summed E-state index contributed by atoms with van der Waals surface area (Å²) in [6.45, 7) is 5.56. The molecule has 108 valence electrons. The summed E-state index contributed by atoms with van der Waals surface area (Å²) in [5.41, 5.74) is 3.37. The second-order valence-corrected chi connectivity index (χ2v) is 5.18. The first-order chi connectivity index (χ1) is 10.2. The van der Waals surface area contributed by atoms with Crippen LogP contribution in [0.4, 0.5) is 0 Å². The molecule has 2 aromatic carbocycles. The third-order valence-electron chi connectivity index (χ3n) is 3.76. The fraction of sp³-hybridized carbons (Fsp3) is 0.222. The van der Waals surface area contributed by atoms with Crippen LogP contribution in [0.5, 0.6) is 11.5 Å². The van der Waals surface area contributed by atoms with Crippen LogP contribution in [0, 0.1) is 6.92 Å². The second kappa shape index (κ2) is 5.52. The average molecular weight is 281 g/mol. The van der Waals surface area contributed by atoms with Crippen molar-refractivity contribution in [2.24, 2.45) is 0 Å². The first-order valence-corrected chi connectivity index (χ1v) is 7.18. The summed E-state index contributed by atoms with van der Waals surface area (Å²) in [5, 5.41) is 10.6. The normalized spacial score (nSPS) is 11.0. The monoisotopic (exact) mass is 281 g/mol. The lowest BCUT2D eigenvalue weighted by Gasteiger charge is -2.11. The lowest BCUT2D eigenvalue weighted by Crippen LogP contribution is -2.05. The molecular formula is C18H19NO2. The van der Waals surface area contributed by atoms with Gasteiger partial charge in [0, 0.05) is 17.4 Å². The van der Waals surface area contributed by atoms with Crippen molar-refractivity contribution in [3.63, 3.8) is 0 Å². The van der Waals surface area contributed by atoms with Gasteiger partial charge in [0.1, 0.15) is 18.1 Å². The number of rotatable bonds is 4. The minimum atomic E-state index is 0.294. The molecule has 0 aliphatic rings. The number of phenolic OH excluding ortho intramolecular Hbond substituents is 1. The molecule has 0 spiro atoms. The number of aromatic nitrogens is 1. The summed E-state index contributed by atoms with van der Waals surface area (Å²) in [5.74, 6) is 1.20. The molecule has 0 fully saturated rings. The van der Waals surface area contributed by atoms with Gasteiger partial charge in [0.25, 0.3) is 0 Å². The molecule has 1 aromatic heterocycles. The predicted octanol–water partition coefficient (Wildman–Crippen LogP) is 4.25. The van der Waals surface area contributed by atoms with E-state index in [-0.39, 0.29) is 0 Å². The number of nitrogens with zero attached hydrogens (tertiary/aromatic N) is 1. The molecule has 1 heterocycles. The molecule has 0 saturated heterocycles. The van der Waals surface area contributed by atoms with Crippen LogP contribution in [0.1, 0.15) is 18.2 Å². The zero-order chi connectivity index (χ0) is 14.8. The van der Waals surface area contributed by atoms with E-state index in [1.54, 1.807) is 12.1 Å². The van der Waals surface area contributed by atoms with Crippen LogP contribution < -0.4 is 4.74 Å². The third-order valence-corrected chi connectivity index (χ3v) is 3.76. The number of aromatic hydroxyl groups is 1. The van der Waals surface area contributed by atoms with Gasteiger partial charge in [-0.3, -0.25) is 0 Å². The van der Waals surface area contributed by atoms with Gasteiger partial charge in [-0.2, -0.15) is 0 Å². The zero-order valence-corrected chi connectivity index (χ0v) is 12.3. The highest BCUT2D eigenvalue weighted by atomic mass is 16.5. The van der Waals surface area contributed by atoms with Gasteiger partial charge in [0.05, 0.1) is 5.69 Å². The van der Waals surface area contributed by atoms with E-state index in [0.29, 0.717) is 12.4 Å². The third kappa shape index (κ3) is 2.59. The van der Waals surface area contributed by atoms with Gasteiger partial charge in [-0.15, -0.1) is 0 Å². The van der Waals surface area contributed by atoms with Gasteiger partial charge in [-0.1, -0.05) is 18.2 Å². The van der Waals surface area contributed by atoms with Gasteiger partial charge in [-0.25, -0.2) is 0 Å². The van der Waals surface area contributed by atoms with Gasteiger partial charge < -0.3 is 14.4 Å². The Bertz CT molecular complexity index is 774. The van der Waals surface area contributed by atoms with E-state index in [9.17, 15) is 5.11 Å². The molecule has 3 aromatic rings. The van der Waals surface area contributed by atoms with E-state index in [4.69, 9.17) is 4.74 Å². The Morgan fingerprint density at radius 3 is 2.67 bits per heavy atom. The summed E-state index contributed by atoms with van der Waals surface area (Å²) >= 11 is 0. The van der Waals surface area contributed by atoms with Crippen molar-refractivity contribution >= 4 is 10.9 Å². The zero-order valence-electron chi connectivity index (χ0n) is 12.3. The summed E-state index contributed by atoms with van der Waals surface area (Å²) in [6, 6.07) is 15.6. The molecule has 3 heteroatoms. The second-order valence-electron chi connectivity index (χ2n) is 5.18. The van der Waals surface area contributed by atoms with Gasteiger partial charge in [0.15, 0.2) is 0 Å². The highest BCUT2D eigenvalue weighted by molar-refractivity contribution is 5.82. The topological polar surface area (TPSA) is 34.4 Å². The number of hydrogen-bond donors (Lipinski definition) is 1. The maximum absolute atomic E-state index is 9.61. The molecule has 0 bridgehead atoms. The average Bonchev–Trinajstić information content (AvgIpc) is 2.82. The number of fused-ring (bicyclic) bond motifs is 1. The van der Waals surface area contributed by atoms with E-state index >= 15 is 0 Å². The van der Waals surface area contributed by atoms with Crippen molar-refractivity contribution in [3.05, 3.63) is 59.8 Å². The molecule has 3 nitrogen and oxygen atoms in total. The molecule has 3 rings (SSSR count). The molecule has 0 aliphatic heterocycles. The highest BCUT2D eigenvalue weighted by Crippen LogP contribution is 2.25. The lowest BCUT2D eigenvalue weighted by molar-refractivity contribution is 0.294. The Balaban J connectivity index is 1.92. The van der Waals surface area contributed by atoms with Crippen LogP contribution in [0.3, 0.4) is 0 Å². The standard InChI is InChI=1S/C18H19NO2/c1-3-19-15(10-14-11-16(20)8-9-17(14)19)12-21-18-7-5-4-6-13(18)2/h4-11,20H,3,12H2,1-2H3. The Hall–Kier alpha value is -2.42. The number of ether oxygens (including phenoxy) is 1. The number of para-hydroxylation sites is 1. The van der Waals surface area contributed by atoms with Crippen molar-refractivity contribution in [1.82, 2.24) is 4.57 Å². The fourth-order valence-corrected chi connectivity index (χ4v) is 2.68. The quantitative estimate of drug-likeness (QED) is 0.775. The van der Waals surface area contributed by atoms with Crippen LogP contribution in [-0.4, -0.2) is 9.67 Å². The number of phenols is 1. The number of benzene rings is 2. The van der Waals surface area contributed by atoms with Crippen molar-refractivity contribution in [2.75, 3.05) is 0 Å². The van der Waals surface area contributed by atoms with Crippen molar-refractivity contribution < 1.29 is 9.84 Å². The molecular weight excluding hydrogens is 262 g/mol. The molecule has 0 radical (unpaired) electrons. The van der Waals surface area contributed by atoms with Gasteiger partial charge in [-0.05, 0) is 49.7 Å². The fourth-order valence-electron chi connectivity index (χ4n) is 2.68. The molecule has 21 heavy (non-hydrogen) atoms. The van der Waals surface area contributed by atoms with Gasteiger partial charge in [0.2, 0.25) is 0 Å². The van der Waals surface area contributed by atoms with Crippen molar-refractivity contribution in [1.29, 1.82) is 0 Å². The Morgan fingerprint density at radius 2 is 1.90 bits per heavy atom. The molecule has 1 N–H and O–H groups in total. The van der Waals surface area contributed by atoms with Crippen LogP contribution in [0.25, 0.3) is 10.9 Å². The predicted molar refractivity (Wildman–Crippen MR) is 84.8 cm³/mol. The molecule has 0 aliphatic carbocycles. The Labute approximate surface area is 124 Å². The first-order valence-electron chi connectivity index (χ1n) is 7.18. The van der Waals surface area contributed by atoms with E-state index in [2.05, 4.69) is 17.6 Å². The van der Waals surface area contributed by atoms with Crippen molar-refractivity contribution in [2.45, 2.75) is 27.0 Å². The van der Waals surface area contributed by atoms with E-state index in [1.165, 1.54) is 0 Å². The first kappa shape index (κ1) is 13.6. The van der Waals surface area contributed by atoms with Crippen molar-refractivity contribution in [3.8, 4) is 11.5 Å². The van der Waals surface area contributed by atoms with Gasteiger partial charge >= 0.3 is 0 Å². The number of hydrogen-bond acceptors (Lipinski definition) is 2. The Kier molecular flexibility index (Phi) is 3.57. The molecule has 0 saturated carbocycles. The number of aryl methyl sites for hydroxylation is 2. The smallest absolute Gasteiger partial charge is 0.128 e.